The summed E-state index contributed by atoms with van der Waals surface area (Å²) in [4.78, 5) is 41.8. The van der Waals surface area contributed by atoms with E-state index < -0.39 is 0 Å². The molecule has 0 atom stereocenters. The highest BCUT2D eigenvalue weighted by molar-refractivity contribution is 9.10. The number of ether oxygens (including phenoxy) is 2. The van der Waals surface area contributed by atoms with Gasteiger partial charge in [-0.25, -0.2) is 4.90 Å². The van der Waals surface area contributed by atoms with E-state index in [4.69, 9.17) is 9.47 Å². The van der Waals surface area contributed by atoms with Gasteiger partial charge in [-0.2, -0.15) is 0 Å². The zero-order valence-corrected chi connectivity index (χ0v) is 18.2. The molecule has 0 spiro atoms. The molecule has 0 aromatic heterocycles. The smallest absolute Gasteiger partial charge is 0.266 e. The lowest BCUT2D eigenvalue weighted by molar-refractivity contribution is 0.0765. The van der Waals surface area contributed by atoms with Crippen LogP contribution < -0.4 is 14.4 Å². The van der Waals surface area contributed by atoms with Gasteiger partial charge in [-0.3, -0.25) is 14.4 Å². The Morgan fingerprint density at radius 3 is 2.28 bits per heavy atom. The number of carbonyl (C=O) groups is 3. The molecule has 8 heteroatoms. The van der Waals surface area contributed by atoms with Crippen LogP contribution in [0.1, 0.15) is 42.2 Å². The summed E-state index contributed by atoms with van der Waals surface area (Å²) in [5, 5.41) is 0. The third-order valence-corrected chi connectivity index (χ3v) is 6.62. The molecule has 0 saturated heterocycles. The van der Waals surface area contributed by atoms with Crippen LogP contribution >= 0.6 is 15.9 Å². The summed E-state index contributed by atoms with van der Waals surface area (Å²) in [6.07, 6.45) is 0. The van der Waals surface area contributed by atoms with Gasteiger partial charge in [-0.15, -0.1) is 0 Å². The van der Waals surface area contributed by atoms with E-state index in [0.29, 0.717) is 51.4 Å². The van der Waals surface area contributed by atoms with Crippen LogP contribution in [0.2, 0.25) is 0 Å². The zero-order valence-electron chi connectivity index (χ0n) is 16.6. The Hall–Kier alpha value is -3.65. The summed E-state index contributed by atoms with van der Waals surface area (Å²) in [6, 6.07) is 15.7. The van der Waals surface area contributed by atoms with Crippen LogP contribution in [0.15, 0.2) is 59.1 Å². The van der Waals surface area contributed by atoms with Crippen molar-refractivity contribution < 1.29 is 23.9 Å². The number of hydrogen-bond donors (Lipinski definition) is 0. The summed E-state index contributed by atoms with van der Waals surface area (Å²) in [6.45, 7) is 1.02. The predicted octanol–water partition coefficient (Wildman–Crippen LogP) is 4.13. The van der Waals surface area contributed by atoms with E-state index >= 15 is 0 Å². The lowest BCUT2D eigenvalue weighted by Crippen LogP contribution is -2.29. The Morgan fingerprint density at radius 1 is 0.812 bits per heavy atom. The average Bonchev–Trinajstić information content (AvgIpc) is 3.45. The molecule has 3 aromatic rings. The minimum Gasteiger partial charge on any atom is -0.454 e. The van der Waals surface area contributed by atoms with Crippen LogP contribution in [0.5, 0.6) is 11.5 Å². The maximum Gasteiger partial charge on any atom is 0.266 e. The van der Waals surface area contributed by atoms with Gasteiger partial charge in [-0.05, 0) is 47.5 Å². The highest BCUT2D eigenvalue weighted by atomic mass is 79.9. The number of rotatable bonds is 3. The van der Waals surface area contributed by atoms with Crippen molar-refractivity contribution in [1.82, 2.24) is 4.90 Å². The molecule has 3 amide bonds. The van der Waals surface area contributed by atoms with E-state index in [2.05, 4.69) is 15.9 Å². The van der Waals surface area contributed by atoms with E-state index in [0.717, 1.165) is 16.0 Å². The molecule has 0 bridgehead atoms. The fourth-order valence-corrected chi connectivity index (χ4v) is 4.92. The fraction of sp³-hybridized carbons (Fsp3) is 0.125. The molecule has 0 aliphatic carbocycles. The SMILES string of the molecule is O=C1c2cc(N3C(=O)c4ccccc4C3=O)cc(Br)c2CN1Cc1ccc2c(c1)OCO2. The summed E-state index contributed by atoms with van der Waals surface area (Å²) < 4.78 is 11.5. The average molecular weight is 491 g/mol. The molecule has 3 heterocycles. The molecule has 158 valence electrons. The van der Waals surface area contributed by atoms with Gasteiger partial charge in [0.25, 0.3) is 17.7 Å². The molecule has 0 unspecified atom stereocenters. The zero-order chi connectivity index (χ0) is 22.0. The summed E-state index contributed by atoms with van der Waals surface area (Å²) in [5.74, 6) is 0.427. The van der Waals surface area contributed by atoms with Gasteiger partial charge >= 0.3 is 0 Å². The Kier molecular flexibility index (Phi) is 4.13. The number of imide groups is 1. The van der Waals surface area contributed by atoms with Crippen molar-refractivity contribution in [3.63, 3.8) is 0 Å². The first-order valence-corrected chi connectivity index (χ1v) is 10.8. The molecule has 32 heavy (non-hydrogen) atoms. The number of fused-ring (bicyclic) bond motifs is 3. The summed E-state index contributed by atoms with van der Waals surface area (Å²) >= 11 is 3.54. The number of amides is 3. The molecular weight excluding hydrogens is 476 g/mol. The molecule has 0 radical (unpaired) electrons. The quantitative estimate of drug-likeness (QED) is 0.515. The van der Waals surface area contributed by atoms with Gasteiger partial charge < -0.3 is 14.4 Å². The topological polar surface area (TPSA) is 76.2 Å². The number of benzene rings is 3. The van der Waals surface area contributed by atoms with Crippen molar-refractivity contribution in [2.75, 3.05) is 11.7 Å². The number of anilines is 1. The predicted molar refractivity (Wildman–Crippen MR) is 118 cm³/mol. The van der Waals surface area contributed by atoms with Crippen molar-refractivity contribution in [2.45, 2.75) is 13.1 Å². The van der Waals surface area contributed by atoms with Crippen molar-refractivity contribution in [1.29, 1.82) is 0 Å². The first kappa shape index (κ1) is 19.1. The number of carbonyl (C=O) groups excluding carboxylic acids is 3. The van der Waals surface area contributed by atoms with Gasteiger partial charge in [0.1, 0.15) is 0 Å². The van der Waals surface area contributed by atoms with Crippen molar-refractivity contribution in [3.05, 3.63) is 86.9 Å². The van der Waals surface area contributed by atoms with Crippen LogP contribution in [-0.4, -0.2) is 29.4 Å². The van der Waals surface area contributed by atoms with Crippen molar-refractivity contribution >= 4 is 39.3 Å². The first-order valence-electron chi connectivity index (χ1n) is 9.99. The third kappa shape index (κ3) is 2.76. The molecule has 0 fully saturated rings. The molecule has 6 rings (SSSR count). The van der Waals surface area contributed by atoms with Crippen molar-refractivity contribution in [2.24, 2.45) is 0 Å². The van der Waals surface area contributed by atoms with E-state index in [-0.39, 0.29) is 24.5 Å². The van der Waals surface area contributed by atoms with Gasteiger partial charge in [-0.1, -0.05) is 34.1 Å². The number of halogens is 1. The lowest BCUT2D eigenvalue weighted by Gasteiger charge is -2.16. The summed E-state index contributed by atoms with van der Waals surface area (Å²) in [5.41, 5.74) is 3.34. The monoisotopic (exact) mass is 490 g/mol. The van der Waals surface area contributed by atoms with E-state index in [1.165, 1.54) is 0 Å². The fourth-order valence-electron chi connectivity index (χ4n) is 4.35. The van der Waals surface area contributed by atoms with Gasteiger partial charge in [0.05, 0.1) is 16.8 Å². The van der Waals surface area contributed by atoms with Crippen LogP contribution in [0.25, 0.3) is 0 Å². The van der Waals surface area contributed by atoms with Crippen molar-refractivity contribution in [3.8, 4) is 11.5 Å². The number of nitrogens with zero attached hydrogens (tertiary/aromatic N) is 2. The van der Waals surface area contributed by atoms with E-state index in [1.54, 1.807) is 41.3 Å². The summed E-state index contributed by atoms with van der Waals surface area (Å²) in [7, 11) is 0. The second-order valence-electron chi connectivity index (χ2n) is 7.79. The molecular formula is C24H15BrN2O5. The molecule has 7 nitrogen and oxygen atoms in total. The Morgan fingerprint density at radius 2 is 1.53 bits per heavy atom. The third-order valence-electron chi connectivity index (χ3n) is 5.91. The normalized spacial score (nSPS) is 16.1. The molecule has 0 saturated carbocycles. The largest absolute Gasteiger partial charge is 0.454 e. The highest BCUT2D eigenvalue weighted by Gasteiger charge is 2.38. The second kappa shape index (κ2) is 6.93. The Labute approximate surface area is 191 Å². The van der Waals surface area contributed by atoms with Crippen LogP contribution in [-0.2, 0) is 13.1 Å². The second-order valence-corrected chi connectivity index (χ2v) is 8.65. The molecule has 3 aliphatic rings. The van der Waals surface area contributed by atoms with E-state index in [1.807, 2.05) is 18.2 Å². The first-order chi connectivity index (χ1) is 15.5. The van der Waals surface area contributed by atoms with Crippen LogP contribution in [0, 0.1) is 0 Å². The molecule has 0 N–H and O–H groups in total. The van der Waals surface area contributed by atoms with Crippen LogP contribution in [0.3, 0.4) is 0 Å². The number of hydrogen-bond acceptors (Lipinski definition) is 5. The standard InChI is InChI=1S/C24H15BrN2O5/c25-19-9-14(27-23(29)15-3-1-2-4-16(15)24(27)30)8-17-18(19)11-26(22(17)28)10-13-5-6-20-21(7-13)32-12-31-20/h1-9H,10-12H2. The van der Waals surface area contributed by atoms with Crippen LogP contribution in [0.4, 0.5) is 5.69 Å². The van der Waals surface area contributed by atoms with Gasteiger partial charge in [0.15, 0.2) is 11.5 Å². The molecule has 3 aliphatic heterocycles. The van der Waals surface area contributed by atoms with Gasteiger partial charge in [0.2, 0.25) is 6.79 Å². The highest BCUT2D eigenvalue weighted by Crippen LogP contribution is 2.38. The lowest BCUT2D eigenvalue weighted by atomic mass is 10.1. The minimum absolute atomic E-state index is 0.156. The Bertz CT molecular complexity index is 1320. The maximum atomic E-state index is 13.2. The molecule has 3 aromatic carbocycles. The Balaban J connectivity index is 1.31. The maximum absolute atomic E-state index is 13.2. The van der Waals surface area contributed by atoms with Gasteiger partial charge in [0, 0.05) is 23.1 Å². The van der Waals surface area contributed by atoms with E-state index in [9.17, 15) is 14.4 Å². The minimum atomic E-state index is -0.389.